The van der Waals surface area contributed by atoms with E-state index in [9.17, 15) is 5.11 Å². The number of nitrogens with zero attached hydrogens (tertiary/aromatic N) is 2. The van der Waals surface area contributed by atoms with Crippen molar-refractivity contribution in [1.29, 1.82) is 0 Å². The molecule has 112 valence electrons. The van der Waals surface area contributed by atoms with Gasteiger partial charge in [-0.2, -0.15) is 0 Å². The second-order valence-corrected chi connectivity index (χ2v) is 5.16. The molecule has 0 bridgehead atoms. The molecule has 22 heavy (non-hydrogen) atoms. The van der Waals surface area contributed by atoms with Gasteiger partial charge in [0.05, 0.1) is 17.6 Å². The van der Waals surface area contributed by atoms with Gasteiger partial charge in [0, 0.05) is 24.2 Å². The van der Waals surface area contributed by atoms with Crippen LogP contribution in [-0.4, -0.2) is 34.5 Å². The third-order valence-electron chi connectivity index (χ3n) is 3.77. The molecule has 1 aromatic heterocycles. The molecule has 0 unspecified atom stereocenters. The van der Waals surface area contributed by atoms with E-state index in [4.69, 9.17) is 14.5 Å². The third kappa shape index (κ3) is 2.10. The smallest absolute Gasteiger partial charge is 0.163 e. The monoisotopic (exact) mass is 296 g/mol. The number of aromatic nitrogens is 2. The predicted octanol–water partition coefficient (Wildman–Crippen LogP) is 2.47. The molecule has 0 saturated carbocycles. The Morgan fingerprint density at radius 3 is 2.50 bits per heavy atom. The summed E-state index contributed by atoms with van der Waals surface area (Å²) in [6, 6.07) is 13.8. The SMILES string of the molecule is OCCn1c(-c2ccccc2)nc2cc3c(cc21)OCCO3. The summed E-state index contributed by atoms with van der Waals surface area (Å²) in [5.41, 5.74) is 2.81. The Morgan fingerprint density at radius 1 is 1.05 bits per heavy atom. The molecule has 1 N–H and O–H groups in total. The van der Waals surface area contributed by atoms with Crippen molar-refractivity contribution in [1.82, 2.24) is 9.55 Å². The number of aliphatic hydroxyl groups excluding tert-OH is 1. The van der Waals surface area contributed by atoms with Gasteiger partial charge in [0.25, 0.3) is 0 Å². The van der Waals surface area contributed by atoms with Crippen LogP contribution < -0.4 is 9.47 Å². The van der Waals surface area contributed by atoms with Gasteiger partial charge in [0.1, 0.15) is 19.0 Å². The second-order valence-electron chi connectivity index (χ2n) is 5.16. The normalized spacial score (nSPS) is 13.5. The fourth-order valence-electron chi connectivity index (χ4n) is 2.80. The Morgan fingerprint density at radius 2 is 1.77 bits per heavy atom. The van der Waals surface area contributed by atoms with Gasteiger partial charge in [-0.15, -0.1) is 0 Å². The fourth-order valence-corrected chi connectivity index (χ4v) is 2.80. The third-order valence-corrected chi connectivity index (χ3v) is 3.77. The lowest BCUT2D eigenvalue weighted by atomic mass is 10.2. The molecular weight excluding hydrogens is 280 g/mol. The highest BCUT2D eigenvalue weighted by Gasteiger charge is 2.18. The van der Waals surface area contributed by atoms with Crippen molar-refractivity contribution in [3.8, 4) is 22.9 Å². The lowest BCUT2D eigenvalue weighted by Gasteiger charge is -2.18. The maximum atomic E-state index is 9.40. The zero-order valence-corrected chi connectivity index (χ0v) is 12.0. The van der Waals surface area contributed by atoms with E-state index in [-0.39, 0.29) is 6.61 Å². The van der Waals surface area contributed by atoms with Crippen molar-refractivity contribution in [3.63, 3.8) is 0 Å². The van der Waals surface area contributed by atoms with Crippen LogP contribution in [0.1, 0.15) is 0 Å². The summed E-state index contributed by atoms with van der Waals surface area (Å²) >= 11 is 0. The van der Waals surface area contributed by atoms with Crippen LogP contribution in [0, 0.1) is 0 Å². The summed E-state index contributed by atoms with van der Waals surface area (Å²) in [6.45, 7) is 1.65. The Labute approximate surface area is 127 Å². The van der Waals surface area contributed by atoms with E-state index in [0.29, 0.717) is 19.8 Å². The molecule has 5 heteroatoms. The Hall–Kier alpha value is -2.53. The average molecular weight is 296 g/mol. The van der Waals surface area contributed by atoms with E-state index < -0.39 is 0 Å². The number of fused-ring (bicyclic) bond motifs is 2. The van der Waals surface area contributed by atoms with Crippen molar-refractivity contribution < 1.29 is 14.6 Å². The standard InChI is InChI=1S/C17H16N2O3/c20-7-6-19-14-11-16-15(21-8-9-22-16)10-13(14)18-17(19)12-4-2-1-3-5-12/h1-5,10-11,20H,6-9H2. The van der Waals surface area contributed by atoms with Gasteiger partial charge in [-0.1, -0.05) is 30.3 Å². The molecule has 0 radical (unpaired) electrons. The molecule has 2 heterocycles. The number of aliphatic hydroxyl groups is 1. The van der Waals surface area contributed by atoms with Crippen LogP contribution in [0.15, 0.2) is 42.5 Å². The summed E-state index contributed by atoms with van der Waals surface area (Å²) < 4.78 is 13.3. The van der Waals surface area contributed by atoms with Crippen LogP contribution in [0.5, 0.6) is 11.5 Å². The molecule has 1 aliphatic heterocycles. The predicted molar refractivity (Wildman–Crippen MR) is 83.2 cm³/mol. The van der Waals surface area contributed by atoms with Gasteiger partial charge in [-0.05, 0) is 0 Å². The van der Waals surface area contributed by atoms with E-state index in [1.807, 2.05) is 47.0 Å². The van der Waals surface area contributed by atoms with Crippen LogP contribution >= 0.6 is 0 Å². The highest BCUT2D eigenvalue weighted by atomic mass is 16.6. The maximum Gasteiger partial charge on any atom is 0.163 e. The molecule has 5 nitrogen and oxygen atoms in total. The van der Waals surface area contributed by atoms with E-state index in [1.54, 1.807) is 0 Å². The Kier molecular flexibility index (Phi) is 3.20. The molecule has 0 amide bonds. The molecule has 0 aliphatic carbocycles. The number of ether oxygens (including phenoxy) is 2. The molecule has 2 aromatic carbocycles. The molecule has 0 atom stereocenters. The summed E-state index contributed by atoms with van der Waals surface area (Å²) in [5, 5.41) is 9.40. The summed E-state index contributed by atoms with van der Waals surface area (Å²) in [7, 11) is 0. The molecule has 4 rings (SSSR count). The van der Waals surface area contributed by atoms with E-state index >= 15 is 0 Å². The Balaban J connectivity index is 1.94. The number of hydrogen-bond donors (Lipinski definition) is 1. The van der Waals surface area contributed by atoms with Crippen molar-refractivity contribution >= 4 is 11.0 Å². The fraction of sp³-hybridized carbons (Fsp3) is 0.235. The Bertz CT molecular complexity index is 812. The number of benzene rings is 2. The maximum absolute atomic E-state index is 9.40. The topological polar surface area (TPSA) is 56.5 Å². The molecule has 3 aromatic rings. The summed E-state index contributed by atoms with van der Waals surface area (Å²) in [4.78, 5) is 4.73. The number of hydrogen-bond acceptors (Lipinski definition) is 4. The summed E-state index contributed by atoms with van der Waals surface area (Å²) in [6.07, 6.45) is 0. The highest BCUT2D eigenvalue weighted by molar-refractivity contribution is 5.84. The lowest BCUT2D eigenvalue weighted by Crippen LogP contribution is -2.15. The summed E-state index contributed by atoms with van der Waals surface area (Å²) in [5.74, 6) is 2.30. The van der Waals surface area contributed by atoms with Crippen LogP contribution in [0.4, 0.5) is 0 Å². The minimum atomic E-state index is 0.0553. The quantitative estimate of drug-likeness (QED) is 0.806. The minimum absolute atomic E-state index is 0.0553. The van der Waals surface area contributed by atoms with Crippen molar-refractivity contribution in [2.45, 2.75) is 6.54 Å². The van der Waals surface area contributed by atoms with Crippen molar-refractivity contribution in [3.05, 3.63) is 42.5 Å². The number of rotatable bonds is 3. The van der Waals surface area contributed by atoms with Gasteiger partial charge in [-0.3, -0.25) is 0 Å². The van der Waals surface area contributed by atoms with Gasteiger partial charge < -0.3 is 19.1 Å². The molecule has 0 saturated heterocycles. The van der Waals surface area contributed by atoms with Gasteiger partial charge in [0.15, 0.2) is 11.5 Å². The van der Waals surface area contributed by atoms with Crippen LogP contribution in [0.3, 0.4) is 0 Å². The first-order chi connectivity index (χ1) is 10.9. The second kappa shape index (κ2) is 5.35. The van der Waals surface area contributed by atoms with Gasteiger partial charge in [-0.25, -0.2) is 4.98 Å². The lowest BCUT2D eigenvalue weighted by molar-refractivity contribution is 0.172. The van der Waals surface area contributed by atoms with E-state index in [1.165, 1.54) is 0 Å². The zero-order chi connectivity index (χ0) is 14.9. The van der Waals surface area contributed by atoms with Crippen LogP contribution in [0.2, 0.25) is 0 Å². The van der Waals surface area contributed by atoms with Crippen molar-refractivity contribution in [2.24, 2.45) is 0 Å². The van der Waals surface area contributed by atoms with Gasteiger partial charge in [0.2, 0.25) is 0 Å². The first kappa shape index (κ1) is 13.2. The van der Waals surface area contributed by atoms with Crippen molar-refractivity contribution in [2.75, 3.05) is 19.8 Å². The first-order valence-electron chi connectivity index (χ1n) is 7.33. The van der Waals surface area contributed by atoms with E-state index in [2.05, 4.69) is 0 Å². The largest absolute Gasteiger partial charge is 0.486 e. The molecule has 0 fully saturated rings. The first-order valence-corrected chi connectivity index (χ1v) is 7.33. The van der Waals surface area contributed by atoms with Crippen LogP contribution in [0.25, 0.3) is 22.4 Å². The number of imidazole rings is 1. The zero-order valence-electron chi connectivity index (χ0n) is 12.0. The molecular formula is C17H16N2O3. The molecule has 1 aliphatic rings. The van der Waals surface area contributed by atoms with Gasteiger partial charge >= 0.3 is 0 Å². The highest BCUT2D eigenvalue weighted by Crippen LogP contribution is 2.36. The average Bonchev–Trinajstić information content (AvgIpc) is 2.92. The van der Waals surface area contributed by atoms with E-state index in [0.717, 1.165) is 33.9 Å². The molecule has 0 spiro atoms. The van der Waals surface area contributed by atoms with Crippen LogP contribution in [-0.2, 0) is 6.54 Å². The minimum Gasteiger partial charge on any atom is -0.486 e.